The van der Waals surface area contributed by atoms with Crippen LogP contribution in [-0.4, -0.2) is 53.2 Å². The normalized spacial score (nSPS) is 23.6. The lowest BCUT2D eigenvalue weighted by atomic mass is 10.0. The molecular formula is C13H22N2O5. The first kappa shape index (κ1) is 16.3. The molecule has 0 aliphatic carbocycles. The van der Waals surface area contributed by atoms with Gasteiger partial charge in [-0.3, -0.25) is 4.79 Å². The average Bonchev–Trinajstić information content (AvgIpc) is 2.76. The fourth-order valence-electron chi connectivity index (χ4n) is 2.46. The topological polar surface area (TPSA) is 95.9 Å². The largest absolute Gasteiger partial charge is 0.480 e. The van der Waals surface area contributed by atoms with Crippen molar-refractivity contribution >= 4 is 18.0 Å². The molecule has 1 aliphatic rings. The molecule has 0 aromatic carbocycles. The molecule has 1 saturated heterocycles. The summed E-state index contributed by atoms with van der Waals surface area (Å²) in [4.78, 5) is 36.5. The summed E-state index contributed by atoms with van der Waals surface area (Å²) in [6, 6.07) is -1.76. The third-order valence-electron chi connectivity index (χ3n) is 3.60. The number of amides is 2. The zero-order chi connectivity index (χ0) is 15.4. The molecule has 1 aliphatic heterocycles. The smallest absolute Gasteiger partial charge is 0.407 e. The highest BCUT2D eigenvalue weighted by atomic mass is 16.5. The van der Waals surface area contributed by atoms with Crippen LogP contribution in [0.5, 0.6) is 0 Å². The Bertz CT molecular complexity index is 396. The lowest BCUT2D eigenvalue weighted by Gasteiger charge is -2.31. The van der Waals surface area contributed by atoms with Gasteiger partial charge in [0.2, 0.25) is 5.91 Å². The Balaban J connectivity index is 2.92. The predicted octanol–water partition coefficient (Wildman–Crippen LogP) is 0.831. The number of carboxylic acids is 1. The number of methoxy groups -OCH3 is 1. The van der Waals surface area contributed by atoms with Crippen molar-refractivity contribution < 1.29 is 24.2 Å². The van der Waals surface area contributed by atoms with Gasteiger partial charge in [0, 0.05) is 6.04 Å². The van der Waals surface area contributed by atoms with E-state index in [1.807, 2.05) is 6.92 Å². The van der Waals surface area contributed by atoms with Gasteiger partial charge in [0.25, 0.3) is 0 Å². The minimum atomic E-state index is -1.01. The number of aliphatic carboxylic acids is 1. The van der Waals surface area contributed by atoms with E-state index in [2.05, 4.69) is 10.1 Å². The van der Waals surface area contributed by atoms with Crippen molar-refractivity contribution in [3.63, 3.8) is 0 Å². The minimum Gasteiger partial charge on any atom is -0.480 e. The number of carbonyl (C=O) groups excluding carboxylic acids is 2. The van der Waals surface area contributed by atoms with Crippen molar-refractivity contribution in [3.05, 3.63) is 0 Å². The Hall–Kier alpha value is -1.79. The van der Waals surface area contributed by atoms with Gasteiger partial charge in [0.1, 0.15) is 12.1 Å². The number of alkyl carbamates (subject to hydrolysis) is 1. The number of nitrogens with zero attached hydrogens (tertiary/aromatic N) is 1. The first-order chi connectivity index (χ1) is 9.29. The zero-order valence-electron chi connectivity index (χ0n) is 12.3. The fraction of sp³-hybridized carbons (Fsp3) is 0.769. The summed E-state index contributed by atoms with van der Waals surface area (Å²) in [6.45, 7) is 5.39. The van der Waals surface area contributed by atoms with Crippen molar-refractivity contribution in [2.24, 2.45) is 5.92 Å². The van der Waals surface area contributed by atoms with Crippen LogP contribution in [0.25, 0.3) is 0 Å². The first-order valence-electron chi connectivity index (χ1n) is 6.69. The number of carbonyl (C=O) groups is 3. The Kier molecular flexibility index (Phi) is 5.35. The lowest BCUT2D eigenvalue weighted by Crippen LogP contribution is -2.55. The molecule has 1 heterocycles. The Morgan fingerprint density at radius 1 is 1.30 bits per heavy atom. The van der Waals surface area contributed by atoms with Gasteiger partial charge in [-0.2, -0.15) is 0 Å². The van der Waals surface area contributed by atoms with Crippen LogP contribution < -0.4 is 5.32 Å². The quantitative estimate of drug-likeness (QED) is 0.798. The molecule has 0 spiro atoms. The summed E-state index contributed by atoms with van der Waals surface area (Å²) in [6.07, 6.45) is 0.382. The third-order valence-corrected chi connectivity index (χ3v) is 3.60. The first-order valence-corrected chi connectivity index (χ1v) is 6.69. The highest BCUT2D eigenvalue weighted by Crippen LogP contribution is 2.26. The molecule has 7 heteroatoms. The molecule has 7 nitrogen and oxygen atoms in total. The lowest BCUT2D eigenvalue weighted by molar-refractivity contribution is -0.150. The fourth-order valence-corrected chi connectivity index (χ4v) is 2.46. The number of ether oxygens (including phenoxy) is 1. The summed E-state index contributed by atoms with van der Waals surface area (Å²) >= 11 is 0. The molecule has 0 bridgehead atoms. The monoisotopic (exact) mass is 286 g/mol. The highest BCUT2D eigenvalue weighted by molar-refractivity contribution is 5.90. The Labute approximate surface area is 118 Å². The van der Waals surface area contributed by atoms with Gasteiger partial charge in [-0.1, -0.05) is 13.8 Å². The third kappa shape index (κ3) is 3.40. The van der Waals surface area contributed by atoms with Crippen molar-refractivity contribution in [3.8, 4) is 0 Å². The molecule has 2 unspecified atom stereocenters. The van der Waals surface area contributed by atoms with E-state index in [1.54, 1.807) is 13.8 Å². The second-order valence-corrected chi connectivity index (χ2v) is 5.38. The molecule has 2 N–H and O–H groups in total. The average molecular weight is 286 g/mol. The number of hydrogen-bond donors (Lipinski definition) is 2. The maximum absolute atomic E-state index is 12.6. The SMILES string of the molecule is COC(=O)N[C@H](C(=O)N1C(C)CCC1C(=O)O)C(C)C. The van der Waals surface area contributed by atoms with Crippen molar-refractivity contribution in [2.45, 2.75) is 51.7 Å². The summed E-state index contributed by atoms with van der Waals surface area (Å²) in [5, 5.41) is 11.7. The molecular weight excluding hydrogens is 264 g/mol. The van der Waals surface area contributed by atoms with E-state index in [1.165, 1.54) is 12.0 Å². The van der Waals surface area contributed by atoms with Crippen LogP contribution in [0.4, 0.5) is 4.79 Å². The summed E-state index contributed by atoms with van der Waals surface area (Å²) in [5.41, 5.74) is 0. The van der Waals surface area contributed by atoms with E-state index in [0.717, 1.165) is 0 Å². The van der Waals surface area contributed by atoms with Crippen LogP contribution in [0.3, 0.4) is 0 Å². The number of likely N-dealkylation sites (tertiary alicyclic amines) is 1. The van der Waals surface area contributed by atoms with Crippen LogP contribution >= 0.6 is 0 Å². The van der Waals surface area contributed by atoms with E-state index in [9.17, 15) is 19.5 Å². The van der Waals surface area contributed by atoms with Gasteiger partial charge in [0.05, 0.1) is 7.11 Å². The van der Waals surface area contributed by atoms with Gasteiger partial charge in [-0.05, 0) is 25.7 Å². The van der Waals surface area contributed by atoms with Crippen molar-refractivity contribution in [2.75, 3.05) is 7.11 Å². The molecule has 114 valence electrons. The van der Waals surface area contributed by atoms with Crippen LogP contribution in [0.1, 0.15) is 33.6 Å². The summed E-state index contributed by atoms with van der Waals surface area (Å²) in [7, 11) is 1.22. The van der Waals surface area contributed by atoms with Gasteiger partial charge in [0.15, 0.2) is 0 Å². The van der Waals surface area contributed by atoms with E-state index < -0.39 is 24.1 Å². The molecule has 1 fully saturated rings. The Morgan fingerprint density at radius 2 is 1.90 bits per heavy atom. The molecule has 1 rings (SSSR count). The van der Waals surface area contributed by atoms with E-state index in [0.29, 0.717) is 12.8 Å². The molecule has 0 radical (unpaired) electrons. The number of nitrogens with one attached hydrogen (secondary N) is 1. The maximum Gasteiger partial charge on any atom is 0.407 e. The predicted molar refractivity (Wildman–Crippen MR) is 71.1 cm³/mol. The maximum atomic E-state index is 12.6. The molecule has 2 amide bonds. The van der Waals surface area contributed by atoms with Gasteiger partial charge < -0.3 is 20.1 Å². The molecule has 20 heavy (non-hydrogen) atoms. The van der Waals surface area contributed by atoms with Crippen LogP contribution in [0, 0.1) is 5.92 Å². The second-order valence-electron chi connectivity index (χ2n) is 5.38. The highest BCUT2D eigenvalue weighted by Gasteiger charge is 2.42. The molecule has 0 aromatic rings. The van der Waals surface area contributed by atoms with Gasteiger partial charge in [-0.15, -0.1) is 0 Å². The molecule has 0 aromatic heterocycles. The Morgan fingerprint density at radius 3 is 2.35 bits per heavy atom. The standard InChI is InChI=1S/C13H22N2O5/c1-7(2)10(14-13(19)20-4)11(16)15-8(3)5-6-9(15)12(17)18/h7-10H,5-6H2,1-4H3,(H,14,19)(H,17,18)/t8?,9?,10-/m0/s1. The minimum absolute atomic E-state index is 0.149. The van der Waals surface area contributed by atoms with E-state index >= 15 is 0 Å². The van der Waals surface area contributed by atoms with Crippen LogP contribution in [0.15, 0.2) is 0 Å². The van der Waals surface area contributed by atoms with Crippen molar-refractivity contribution in [1.82, 2.24) is 10.2 Å². The van der Waals surface area contributed by atoms with Crippen LogP contribution in [-0.2, 0) is 14.3 Å². The van der Waals surface area contributed by atoms with Gasteiger partial charge >= 0.3 is 12.1 Å². The number of hydrogen-bond acceptors (Lipinski definition) is 4. The number of carboxylic acid groups (broad SMARTS) is 1. The molecule has 3 atom stereocenters. The van der Waals surface area contributed by atoms with Crippen molar-refractivity contribution in [1.29, 1.82) is 0 Å². The zero-order valence-corrected chi connectivity index (χ0v) is 12.3. The number of rotatable bonds is 4. The second kappa shape index (κ2) is 6.58. The summed E-state index contributed by atoms with van der Waals surface area (Å²) < 4.78 is 4.51. The van der Waals surface area contributed by atoms with Gasteiger partial charge in [-0.25, -0.2) is 9.59 Å². The van der Waals surface area contributed by atoms with E-state index in [-0.39, 0.29) is 17.9 Å². The molecule has 0 saturated carbocycles. The van der Waals surface area contributed by atoms with Crippen LogP contribution in [0.2, 0.25) is 0 Å². The summed E-state index contributed by atoms with van der Waals surface area (Å²) in [5.74, 6) is -1.55. The van der Waals surface area contributed by atoms with E-state index in [4.69, 9.17) is 0 Å².